The Labute approximate surface area is 167 Å². The van der Waals surface area contributed by atoms with Crippen molar-refractivity contribution in [2.24, 2.45) is 0 Å². The van der Waals surface area contributed by atoms with Gasteiger partial charge in [0.25, 0.3) is 16.8 Å². The zero-order chi connectivity index (χ0) is 20.4. The van der Waals surface area contributed by atoms with Gasteiger partial charge in [-0.3, -0.25) is 24.6 Å². The molecule has 0 N–H and O–H groups in total. The van der Waals surface area contributed by atoms with Gasteiger partial charge in [-0.2, -0.15) is 0 Å². The number of nitrogens with zero attached hydrogens (tertiary/aromatic N) is 2. The summed E-state index contributed by atoms with van der Waals surface area (Å²) in [6, 6.07) is 6.89. The number of nitro groups is 1. The van der Waals surface area contributed by atoms with Crippen LogP contribution in [0.2, 0.25) is 5.02 Å². The van der Waals surface area contributed by atoms with E-state index < -0.39 is 22.0 Å². The van der Waals surface area contributed by atoms with Gasteiger partial charge in [-0.15, -0.1) is 0 Å². The van der Waals surface area contributed by atoms with Crippen molar-refractivity contribution in [2.75, 3.05) is 7.11 Å². The highest BCUT2D eigenvalue weighted by atomic mass is 35.5. The second kappa shape index (κ2) is 7.87. The monoisotopic (exact) mass is 422 g/mol. The number of furan rings is 1. The van der Waals surface area contributed by atoms with E-state index in [-0.39, 0.29) is 33.7 Å². The number of methoxy groups -OCH3 is 1. The zero-order valence-electron chi connectivity index (χ0n) is 14.2. The minimum atomic E-state index is -0.676. The Balaban J connectivity index is 1.81. The summed E-state index contributed by atoms with van der Waals surface area (Å²) >= 11 is 6.46. The topological polar surface area (TPSA) is 120 Å². The largest absolute Gasteiger partial charge is 0.463 e. The summed E-state index contributed by atoms with van der Waals surface area (Å²) in [7, 11) is 1.20. The molecule has 1 saturated heterocycles. The van der Waals surface area contributed by atoms with Gasteiger partial charge in [0, 0.05) is 6.07 Å². The van der Waals surface area contributed by atoms with Crippen LogP contribution in [0.3, 0.4) is 0 Å². The van der Waals surface area contributed by atoms with Crippen LogP contribution >= 0.6 is 23.4 Å². The smallest absolute Gasteiger partial charge is 0.373 e. The highest BCUT2D eigenvalue weighted by Gasteiger charge is 2.36. The molecule has 3 rings (SSSR count). The molecule has 1 fully saturated rings. The molecule has 0 bridgehead atoms. The summed E-state index contributed by atoms with van der Waals surface area (Å²) in [6.45, 7) is -0.167. The molecule has 0 radical (unpaired) electrons. The van der Waals surface area contributed by atoms with Crippen molar-refractivity contribution in [3.05, 3.63) is 67.5 Å². The maximum absolute atomic E-state index is 12.5. The molecule has 0 unspecified atom stereocenters. The van der Waals surface area contributed by atoms with Crippen molar-refractivity contribution >= 4 is 52.2 Å². The van der Waals surface area contributed by atoms with Crippen molar-refractivity contribution in [3.63, 3.8) is 0 Å². The zero-order valence-corrected chi connectivity index (χ0v) is 15.8. The minimum Gasteiger partial charge on any atom is -0.463 e. The first kappa shape index (κ1) is 19.6. The molecule has 1 aromatic heterocycles. The fraction of sp³-hybridized carbons (Fsp3) is 0.118. The lowest BCUT2D eigenvalue weighted by molar-refractivity contribution is -0.384. The molecule has 28 heavy (non-hydrogen) atoms. The van der Waals surface area contributed by atoms with Crippen LogP contribution in [0.4, 0.5) is 10.5 Å². The molecule has 1 aliphatic heterocycles. The van der Waals surface area contributed by atoms with Gasteiger partial charge in [0.2, 0.25) is 5.76 Å². The van der Waals surface area contributed by atoms with Crippen molar-refractivity contribution in [1.82, 2.24) is 4.90 Å². The highest BCUT2D eigenvalue weighted by Crippen LogP contribution is 2.34. The number of benzene rings is 1. The third kappa shape index (κ3) is 3.92. The second-order valence-corrected chi connectivity index (χ2v) is 6.89. The molecule has 144 valence electrons. The van der Waals surface area contributed by atoms with E-state index in [1.165, 1.54) is 43.5 Å². The molecule has 2 amide bonds. The fourth-order valence-electron chi connectivity index (χ4n) is 2.38. The lowest BCUT2D eigenvalue weighted by atomic mass is 10.2. The fourth-order valence-corrected chi connectivity index (χ4v) is 3.40. The molecule has 11 heteroatoms. The van der Waals surface area contributed by atoms with Crippen molar-refractivity contribution in [3.8, 4) is 0 Å². The van der Waals surface area contributed by atoms with Crippen molar-refractivity contribution in [1.29, 1.82) is 0 Å². The van der Waals surface area contributed by atoms with Gasteiger partial charge in [0.15, 0.2) is 0 Å². The summed E-state index contributed by atoms with van der Waals surface area (Å²) in [5, 5.41) is 10.4. The van der Waals surface area contributed by atoms with E-state index in [4.69, 9.17) is 16.0 Å². The first-order chi connectivity index (χ1) is 13.3. The normalized spacial score (nSPS) is 15.4. The molecule has 1 aliphatic rings. The van der Waals surface area contributed by atoms with E-state index in [1.807, 2.05) is 0 Å². The van der Waals surface area contributed by atoms with Crippen molar-refractivity contribution in [2.45, 2.75) is 6.54 Å². The number of nitro benzene ring substituents is 1. The number of amides is 2. The number of thioether (sulfide) groups is 1. The molecular formula is C17H11ClN2O7S. The molecule has 0 spiro atoms. The van der Waals surface area contributed by atoms with Gasteiger partial charge in [-0.25, -0.2) is 4.79 Å². The van der Waals surface area contributed by atoms with Gasteiger partial charge in [0.1, 0.15) is 10.8 Å². The molecular weight excluding hydrogens is 412 g/mol. The quantitative estimate of drug-likeness (QED) is 0.308. The lowest BCUT2D eigenvalue weighted by Crippen LogP contribution is -2.27. The van der Waals surface area contributed by atoms with Gasteiger partial charge in [-0.05, 0) is 41.6 Å². The van der Waals surface area contributed by atoms with Crippen LogP contribution < -0.4 is 0 Å². The number of ether oxygens (including phenoxy) is 1. The molecule has 2 aromatic rings. The number of hydrogen-bond donors (Lipinski definition) is 0. The third-order valence-corrected chi connectivity index (χ3v) is 4.93. The van der Waals surface area contributed by atoms with Crippen molar-refractivity contribution < 1.29 is 28.5 Å². The van der Waals surface area contributed by atoms with Crippen LogP contribution in [-0.4, -0.2) is 34.0 Å². The summed E-state index contributed by atoms with van der Waals surface area (Å²) in [4.78, 5) is 47.5. The molecule has 2 heterocycles. The van der Waals surface area contributed by atoms with E-state index in [0.29, 0.717) is 17.3 Å². The standard InChI is InChI=1S/C17H11ClN2O7S/c1-26-16(22)13-5-3-10(27-13)8-19-15(21)14(28-17(19)23)7-9-2-4-11(18)12(6-9)20(24)25/h2-7H,8H2,1H3/b14-7+. The van der Waals surface area contributed by atoms with E-state index in [1.54, 1.807) is 0 Å². The maximum atomic E-state index is 12.5. The van der Waals surface area contributed by atoms with Crippen LogP contribution in [0.5, 0.6) is 0 Å². The average Bonchev–Trinajstić information content (AvgIpc) is 3.23. The first-order valence-electron chi connectivity index (χ1n) is 7.66. The molecule has 0 saturated carbocycles. The number of carbonyl (C=O) groups is 3. The minimum absolute atomic E-state index is 0.0329. The molecule has 9 nitrogen and oxygen atoms in total. The predicted molar refractivity (Wildman–Crippen MR) is 99.7 cm³/mol. The Bertz CT molecular complexity index is 1030. The van der Waals surface area contributed by atoms with Gasteiger partial charge < -0.3 is 9.15 Å². The van der Waals surface area contributed by atoms with Crippen LogP contribution in [0.1, 0.15) is 21.9 Å². The second-order valence-electron chi connectivity index (χ2n) is 5.49. The Hall–Kier alpha value is -3.11. The van der Waals surface area contributed by atoms with Gasteiger partial charge >= 0.3 is 5.97 Å². The Morgan fingerprint density at radius 3 is 2.79 bits per heavy atom. The third-order valence-electron chi connectivity index (χ3n) is 3.70. The summed E-state index contributed by atoms with van der Waals surface area (Å²) in [5.74, 6) is -1.08. The SMILES string of the molecule is COC(=O)c1ccc(CN2C(=O)S/C(=C/c3ccc(Cl)c([N+](=O)[O-])c3)C2=O)o1. The predicted octanol–water partition coefficient (Wildman–Crippen LogP) is 3.86. The van der Waals surface area contributed by atoms with E-state index in [9.17, 15) is 24.5 Å². The number of hydrogen-bond acceptors (Lipinski definition) is 8. The van der Waals surface area contributed by atoms with E-state index >= 15 is 0 Å². The lowest BCUT2D eigenvalue weighted by Gasteiger charge is -2.09. The van der Waals surface area contributed by atoms with Gasteiger partial charge in [-0.1, -0.05) is 17.7 Å². The van der Waals surface area contributed by atoms with E-state index in [0.717, 1.165) is 4.90 Å². The summed E-state index contributed by atoms with van der Waals surface area (Å²) in [6.07, 6.45) is 1.37. The van der Waals surface area contributed by atoms with Crippen LogP contribution in [0, 0.1) is 10.1 Å². The number of rotatable bonds is 5. The molecule has 0 atom stereocenters. The molecule has 0 aliphatic carbocycles. The highest BCUT2D eigenvalue weighted by molar-refractivity contribution is 8.18. The Kier molecular flexibility index (Phi) is 5.52. The maximum Gasteiger partial charge on any atom is 0.373 e. The number of imide groups is 1. The Morgan fingerprint density at radius 2 is 2.11 bits per heavy atom. The summed E-state index contributed by atoms with van der Waals surface area (Å²) in [5.41, 5.74) is 0.0492. The summed E-state index contributed by atoms with van der Waals surface area (Å²) < 4.78 is 9.79. The van der Waals surface area contributed by atoms with Crippen LogP contribution in [0.15, 0.2) is 39.7 Å². The van der Waals surface area contributed by atoms with E-state index in [2.05, 4.69) is 4.74 Å². The van der Waals surface area contributed by atoms with Crippen LogP contribution in [0.25, 0.3) is 6.08 Å². The van der Waals surface area contributed by atoms with Crippen LogP contribution in [-0.2, 0) is 16.1 Å². The number of halogens is 1. The number of carbonyl (C=O) groups excluding carboxylic acids is 3. The molecule has 1 aromatic carbocycles. The first-order valence-corrected chi connectivity index (χ1v) is 8.86. The van der Waals surface area contributed by atoms with Gasteiger partial charge in [0.05, 0.1) is 23.5 Å². The average molecular weight is 423 g/mol. The Morgan fingerprint density at radius 1 is 1.36 bits per heavy atom. The number of esters is 1.